The number of aryl methyl sites for hydroxylation is 3. The molecule has 3 aliphatic rings. The third kappa shape index (κ3) is 3.38. The van der Waals surface area contributed by atoms with Gasteiger partial charge in [-0.2, -0.15) is 0 Å². The predicted octanol–water partition coefficient (Wildman–Crippen LogP) is 1.47. The van der Waals surface area contributed by atoms with E-state index in [1.165, 1.54) is 28.7 Å². The molecule has 4 heterocycles. The smallest absolute Gasteiger partial charge is 0.236 e. The molecular weight excluding hydrogens is 374 g/mol. The van der Waals surface area contributed by atoms with Crippen LogP contribution in [-0.4, -0.2) is 84.7 Å². The number of ether oxygens (including phenoxy) is 1. The highest BCUT2D eigenvalue weighted by atomic mass is 32.1. The number of anilines is 1. The van der Waals surface area contributed by atoms with Gasteiger partial charge < -0.3 is 14.5 Å². The number of nitrogens with zero attached hydrogens (tertiary/aromatic N) is 5. The van der Waals surface area contributed by atoms with Crippen molar-refractivity contribution >= 4 is 33.3 Å². The topological polar surface area (TPSA) is 61.8 Å². The van der Waals surface area contributed by atoms with Crippen molar-refractivity contribution in [2.75, 3.05) is 63.9 Å². The molecule has 0 saturated carbocycles. The largest absolute Gasteiger partial charge is 0.379 e. The van der Waals surface area contributed by atoms with Crippen molar-refractivity contribution in [3.63, 3.8) is 0 Å². The summed E-state index contributed by atoms with van der Waals surface area (Å²) in [6, 6.07) is 0. The van der Waals surface area contributed by atoms with E-state index in [4.69, 9.17) is 14.7 Å². The van der Waals surface area contributed by atoms with Crippen LogP contribution in [0.5, 0.6) is 0 Å². The van der Waals surface area contributed by atoms with Crippen molar-refractivity contribution in [3.8, 4) is 0 Å². The number of thiophene rings is 1. The zero-order valence-electron chi connectivity index (χ0n) is 16.4. The van der Waals surface area contributed by atoms with E-state index in [0.29, 0.717) is 6.54 Å². The summed E-state index contributed by atoms with van der Waals surface area (Å²) in [5.41, 5.74) is 1.47. The Morgan fingerprint density at radius 2 is 1.86 bits per heavy atom. The van der Waals surface area contributed by atoms with Gasteiger partial charge in [0.2, 0.25) is 5.91 Å². The van der Waals surface area contributed by atoms with Crippen molar-refractivity contribution in [1.29, 1.82) is 0 Å². The summed E-state index contributed by atoms with van der Waals surface area (Å²) in [7, 11) is 0. The van der Waals surface area contributed by atoms with Crippen molar-refractivity contribution < 1.29 is 9.53 Å². The second kappa shape index (κ2) is 7.57. The molecule has 28 heavy (non-hydrogen) atoms. The summed E-state index contributed by atoms with van der Waals surface area (Å²) in [6.45, 7) is 8.87. The van der Waals surface area contributed by atoms with Crippen molar-refractivity contribution in [2.24, 2.45) is 0 Å². The Hall–Kier alpha value is -1.77. The molecule has 2 aromatic rings. The van der Waals surface area contributed by atoms with Crippen molar-refractivity contribution in [2.45, 2.75) is 26.2 Å². The maximum atomic E-state index is 12.7. The Kier molecular flexibility index (Phi) is 4.94. The number of carbonyl (C=O) groups excluding carboxylic acids is 1. The van der Waals surface area contributed by atoms with Crippen LogP contribution in [-0.2, 0) is 22.4 Å². The average molecular weight is 402 g/mol. The Morgan fingerprint density at radius 3 is 2.64 bits per heavy atom. The number of carbonyl (C=O) groups is 1. The summed E-state index contributed by atoms with van der Waals surface area (Å²) in [5, 5.41) is 1.27. The van der Waals surface area contributed by atoms with Gasteiger partial charge in [0, 0.05) is 44.1 Å². The number of hydrogen-bond acceptors (Lipinski definition) is 7. The van der Waals surface area contributed by atoms with Gasteiger partial charge in [-0.05, 0) is 31.7 Å². The first-order chi connectivity index (χ1) is 13.7. The van der Waals surface area contributed by atoms with Crippen LogP contribution >= 0.6 is 11.3 Å². The number of piperazine rings is 1. The predicted molar refractivity (Wildman–Crippen MR) is 110 cm³/mol. The number of aromatic nitrogens is 2. The lowest BCUT2D eigenvalue weighted by molar-refractivity contribution is -0.133. The Balaban J connectivity index is 1.30. The van der Waals surface area contributed by atoms with Crippen LogP contribution in [0.2, 0.25) is 0 Å². The van der Waals surface area contributed by atoms with Crippen LogP contribution in [0.4, 0.5) is 5.82 Å². The van der Waals surface area contributed by atoms with Crippen LogP contribution < -0.4 is 4.90 Å². The number of fused-ring (bicyclic) bond motifs is 3. The van der Waals surface area contributed by atoms with Crippen LogP contribution in [0.1, 0.15) is 22.7 Å². The summed E-state index contributed by atoms with van der Waals surface area (Å²) in [6.07, 6.45) is 3.57. The molecule has 8 heteroatoms. The fourth-order valence-electron chi connectivity index (χ4n) is 4.53. The Morgan fingerprint density at radius 1 is 1.07 bits per heavy atom. The monoisotopic (exact) mass is 401 g/mol. The summed E-state index contributed by atoms with van der Waals surface area (Å²) < 4.78 is 5.38. The number of morpholine rings is 1. The molecule has 0 N–H and O–H groups in total. The first-order valence-corrected chi connectivity index (χ1v) is 11.1. The molecule has 0 atom stereocenters. The molecule has 2 fully saturated rings. The Bertz CT molecular complexity index is 884. The van der Waals surface area contributed by atoms with Gasteiger partial charge in [-0.15, -0.1) is 11.3 Å². The van der Waals surface area contributed by atoms with E-state index in [1.807, 2.05) is 23.2 Å². The zero-order valence-corrected chi connectivity index (χ0v) is 17.3. The van der Waals surface area contributed by atoms with E-state index in [2.05, 4.69) is 9.80 Å². The first kappa shape index (κ1) is 18.3. The van der Waals surface area contributed by atoms with E-state index in [1.54, 1.807) is 0 Å². The van der Waals surface area contributed by atoms with E-state index >= 15 is 0 Å². The van der Waals surface area contributed by atoms with Crippen LogP contribution in [0.3, 0.4) is 0 Å². The van der Waals surface area contributed by atoms with Gasteiger partial charge >= 0.3 is 0 Å². The SMILES string of the molecule is Cc1nc(N2CCN(C(=O)CN3CCOCC3)CC2)c2c3c(sc2n1)CCC3. The molecule has 1 amide bonds. The highest BCUT2D eigenvalue weighted by molar-refractivity contribution is 7.19. The number of rotatable bonds is 3. The highest BCUT2D eigenvalue weighted by Crippen LogP contribution is 2.40. The number of amides is 1. The van der Waals surface area contributed by atoms with Crippen LogP contribution in [0.15, 0.2) is 0 Å². The normalized spacial score (nSPS) is 20.8. The van der Waals surface area contributed by atoms with Gasteiger partial charge in [0.05, 0.1) is 25.1 Å². The van der Waals surface area contributed by atoms with E-state index < -0.39 is 0 Å². The lowest BCUT2D eigenvalue weighted by atomic mass is 10.1. The van der Waals surface area contributed by atoms with Gasteiger partial charge in [0.15, 0.2) is 0 Å². The minimum atomic E-state index is 0.238. The van der Waals surface area contributed by atoms with E-state index in [-0.39, 0.29) is 5.91 Å². The molecule has 0 aromatic carbocycles. The zero-order chi connectivity index (χ0) is 19.1. The quantitative estimate of drug-likeness (QED) is 0.776. The Labute approximate surface area is 169 Å². The molecule has 2 aromatic heterocycles. The average Bonchev–Trinajstić information content (AvgIpc) is 3.29. The van der Waals surface area contributed by atoms with Gasteiger partial charge in [0.25, 0.3) is 0 Å². The molecule has 0 spiro atoms. The standard InChI is InChI=1S/C20H27N5O2S/c1-14-21-19(18-15-3-2-4-16(15)28-20(18)22-14)25-7-5-24(6-8-25)17(26)13-23-9-11-27-12-10-23/h2-13H2,1H3. The van der Waals surface area contributed by atoms with Gasteiger partial charge in [0.1, 0.15) is 16.5 Å². The first-order valence-electron chi connectivity index (χ1n) is 10.3. The van der Waals surface area contributed by atoms with E-state index in [9.17, 15) is 4.79 Å². The summed E-state index contributed by atoms with van der Waals surface area (Å²) in [5.74, 6) is 2.16. The van der Waals surface area contributed by atoms with Gasteiger partial charge in [-0.3, -0.25) is 9.69 Å². The van der Waals surface area contributed by atoms with Crippen LogP contribution in [0.25, 0.3) is 10.2 Å². The maximum Gasteiger partial charge on any atom is 0.236 e. The van der Waals surface area contributed by atoms with Gasteiger partial charge in [-0.1, -0.05) is 0 Å². The fourth-order valence-corrected chi connectivity index (χ4v) is 5.83. The minimum Gasteiger partial charge on any atom is -0.379 e. The maximum absolute atomic E-state index is 12.7. The molecule has 0 bridgehead atoms. The van der Waals surface area contributed by atoms with Crippen molar-refractivity contribution in [1.82, 2.24) is 19.8 Å². The van der Waals surface area contributed by atoms with Crippen LogP contribution in [0, 0.1) is 6.92 Å². The molecule has 2 aliphatic heterocycles. The molecular formula is C20H27N5O2S. The molecule has 150 valence electrons. The minimum absolute atomic E-state index is 0.238. The third-order valence-electron chi connectivity index (χ3n) is 6.05. The third-order valence-corrected chi connectivity index (χ3v) is 7.24. The lowest BCUT2D eigenvalue weighted by Gasteiger charge is -2.37. The molecule has 7 nitrogen and oxygen atoms in total. The molecule has 2 saturated heterocycles. The molecule has 0 radical (unpaired) electrons. The van der Waals surface area contributed by atoms with E-state index in [0.717, 1.165) is 75.4 Å². The molecule has 5 rings (SSSR count). The van der Waals surface area contributed by atoms with Crippen molar-refractivity contribution in [3.05, 3.63) is 16.3 Å². The summed E-state index contributed by atoms with van der Waals surface area (Å²) >= 11 is 1.85. The van der Waals surface area contributed by atoms with Gasteiger partial charge in [-0.25, -0.2) is 9.97 Å². The second-order valence-corrected chi connectivity index (χ2v) is 8.97. The molecule has 1 aliphatic carbocycles. The molecule has 0 unspecified atom stereocenters. The second-order valence-electron chi connectivity index (χ2n) is 7.89. The fraction of sp³-hybridized carbons (Fsp3) is 0.650. The highest BCUT2D eigenvalue weighted by Gasteiger charge is 2.28. The lowest BCUT2D eigenvalue weighted by Crippen LogP contribution is -2.52. The summed E-state index contributed by atoms with van der Waals surface area (Å²) in [4.78, 5) is 31.4. The number of hydrogen-bond donors (Lipinski definition) is 0.